The van der Waals surface area contributed by atoms with Gasteiger partial charge < -0.3 is 10.4 Å². The molecule has 1 aromatic rings. The van der Waals surface area contributed by atoms with Crippen LogP contribution in [0.2, 0.25) is 0 Å². The van der Waals surface area contributed by atoms with Crippen LogP contribution in [0.3, 0.4) is 0 Å². The number of nitrogens with one attached hydrogen (secondary N) is 1. The smallest absolute Gasteiger partial charge is 0.326 e. The molecular weight excluding hydrogens is 194 g/mol. The minimum atomic E-state index is -0.811. The molecule has 2 N–H and O–H groups in total. The molecule has 0 aliphatic heterocycles. The lowest BCUT2D eigenvalue weighted by Crippen LogP contribution is -2.31. The summed E-state index contributed by atoms with van der Waals surface area (Å²) in [6.07, 6.45) is 3.58. The average molecular weight is 207 g/mol. The molecule has 15 heavy (non-hydrogen) atoms. The lowest BCUT2D eigenvalue weighted by atomic mass is 10.2. The van der Waals surface area contributed by atoms with E-state index in [-0.39, 0.29) is 5.92 Å². The van der Waals surface area contributed by atoms with Crippen molar-refractivity contribution < 1.29 is 9.90 Å². The summed E-state index contributed by atoms with van der Waals surface area (Å²) in [5.41, 5.74) is 0. The van der Waals surface area contributed by atoms with Crippen LogP contribution in [0.1, 0.15) is 18.7 Å². The van der Waals surface area contributed by atoms with Crippen LogP contribution in [0.15, 0.2) is 12.3 Å². The number of aromatic nitrogens is 2. The Kier molecular flexibility index (Phi) is 2.53. The molecule has 1 aromatic heterocycles. The number of nitrogens with zero attached hydrogens (tertiary/aromatic N) is 2. The predicted octanol–water partition coefficient (Wildman–Crippen LogP) is 1.06. The molecular formula is C10H13N3O2. The first kappa shape index (κ1) is 9.89. The van der Waals surface area contributed by atoms with Gasteiger partial charge in [-0.2, -0.15) is 0 Å². The van der Waals surface area contributed by atoms with Gasteiger partial charge in [0.05, 0.1) is 0 Å². The van der Waals surface area contributed by atoms with E-state index in [1.165, 1.54) is 0 Å². The molecule has 0 saturated heterocycles. The number of hydrogen-bond donors (Lipinski definition) is 2. The van der Waals surface area contributed by atoms with E-state index in [2.05, 4.69) is 15.3 Å². The highest BCUT2D eigenvalue weighted by Crippen LogP contribution is 2.34. The minimum absolute atomic E-state index is 0.248. The van der Waals surface area contributed by atoms with Crippen molar-refractivity contribution in [3.63, 3.8) is 0 Å². The van der Waals surface area contributed by atoms with Crippen LogP contribution in [0.25, 0.3) is 0 Å². The van der Waals surface area contributed by atoms with Gasteiger partial charge in [-0.1, -0.05) is 0 Å². The molecule has 2 rings (SSSR count). The second-order valence-corrected chi connectivity index (χ2v) is 3.79. The summed E-state index contributed by atoms with van der Waals surface area (Å²) >= 11 is 0. The number of aryl methyl sites for hydroxylation is 1. The molecule has 5 nitrogen and oxygen atoms in total. The van der Waals surface area contributed by atoms with Crippen LogP contribution < -0.4 is 5.32 Å². The van der Waals surface area contributed by atoms with Gasteiger partial charge in [0, 0.05) is 6.20 Å². The quantitative estimate of drug-likeness (QED) is 0.772. The van der Waals surface area contributed by atoms with E-state index in [1.54, 1.807) is 19.2 Å². The zero-order valence-corrected chi connectivity index (χ0v) is 8.47. The molecule has 1 unspecified atom stereocenters. The number of anilines is 1. The third kappa shape index (κ3) is 2.43. The molecule has 1 heterocycles. The van der Waals surface area contributed by atoms with Gasteiger partial charge in [-0.25, -0.2) is 14.8 Å². The van der Waals surface area contributed by atoms with E-state index < -0.39 is 12.0 Å². The highest BCUT2D eigenvalue weighted by atomic mass is 16.4. The third-order valence-electron chi connectivity index (χ3n) is 2.44. The largest absolute Gasteiger partial charge is 0.480 e. The van der Waals surface area contributed by atoms with Crippen LogP contribution >= 0.6 is 0 Å². The number of aliphatic carboxylic acids is 1. The van der Waals surface area contributed by atoms with Crippen molar-refractivity contribution in [3.05, 3.63) is 18.1 Å². The van der Waals surface area contributed by atoms with Gasteiger partial charge in [0.1, 0.15) is 17.7 Å². The fourth-order valence-corrected chi connectivity index (χ4v) is 1.51. The lowest BCUT2D eigenvalue weighted by Gasteiger charge is -2.13. The summed E-state index contributed by atoms with van der Waals surface area (Å²) in [5, 5.41) is 11.9. The average Bonchev–Trinajstić information content (AvgIpc) is 2.97. The van der Waals surface area contributed by atoms with Crippen molar-refractivity contribution in [2.24, 2.45) is 5.92 Å². The van der Waals surface area contributed by atoms with E-state index in [1.807, 2.05) is 0 Å². The van der Waals surface area contributed by atoms with Gasteiger partial charge in [0.2, 0.25) is 0 Å². The zero-order valence-electron chi connectivity index (χ0n) is 8.47. The summed E-state index contributed by atoms with van der Waals surface area (Å²) in [6, 6.07) is 1.17. The molecule has 1 fully saturated rings. The fraction of sp³-hybridized carbons (Fsp3) is 0.500. The summed E-state index contributed by atoms with van der Waals surface area (Å²) in [5.74, 6) is 0.660. The van der Waals surface area contributed by atoms with Crippen molar-refractivity contribution in [1.82, 2.24) is 9.97 Å². The molecule has 80 valence electrons. The van der Waals surface area contributed by atoms with Gasteiger partial charge in [-0.05, 0) is 31.7 Å². The van der Waals surface area contributed by atoms with Crippen molar-refractivity contribution in [2.45, 2.75) is 25.8 Å². The van der Waals surface area contributed by atoms with Crippen molar-refractivity contribution >= 4 is 11.8 Å². The fourth-order valence-electron chi connectivity index (χ4n) is 1.51. The highest BCUT2D eigenvalue weighted by Gasteiger charge is 2.36. The number of hydrogen-bond acceptors (Lipinski definition) is 4. The maximum Gasteiger partial charge on any atom is 0.326 e. The molecule has 5 heteroatoms. The SMILES string of the molecule is Cc1nccc(NC(C(=O)O)C2CC2)n1. The molecule has 1 aliphatic carbocycles. The normalized spacial score (nSPS) is 17.1. The van der Waals surface area contributed by atoms with Gasteiger partial charge in [0.15, 0.2) is 0 Å². The molecule has 0 bridgehead atoms. The summed E-state index contributed by atoms with van der Waals surface area (Å²) in [7, 11) is 0. The number of carboxylic acids is 1. The van der Waals surface area contributed by atoms with E-state index in [9.17, 15) is 4.79 Å². The van der Waals surface area contributed by atoms with Crippen LogP contribution in [0.5, 0.6) is 0 Å². The number of carbonyl (C=O) groups is 1. The molecule has 1 saturated carbocycles. The Morgan fingerprint density at radius 3 is 2.93 bits per heavy atom. The van der Waals surface area contributed by atoms with Gasteiger partial charge in [-0.3, -0.25) is 0 Å². The molecule has 1 atom stereocenters. The second-order valence-electron chi connectivity index (χ2n) is 3.79. The summed E-state index contributed by atoms with van der Waals surface area (Å²) < 4.78 is 0. The lowest BCUT2D eigenvalue weighted by molar-refractivity contribution is -0.138. The molecule has 0 radical (unpaired) electrons. The van der Waals surface area contributed by atoms with Gasteiger partial charge in [0.25, 0.3) is 0 Å². The van der Waals surface area contributed by atoms with Crippen LogP contribution in [-0.4, -0.2) is 27.1 Å². The first-order chi connectivity index (χ1) is 7.16. The predicted molar refractivity (Wildman–Crippen MR) is 54.5 cm³/mol. The monoisotopic (exact) mass is 207 g/mol. The van der Waals surface area contributed by atoms with Crippen LogP contribution in [-0.2, 0) is 4.79 Å². The molecule has 0 amide bonds. The van der Waals surface area contributed by atoms with Gasteiger partial charge >= 0.3 is 5.97 Å². The Morgan fingerprint density at radius 2 is 2.40 bits per heavy atom. The van der Waals surface area contributed by atoms with Crippen LogP contribution in [0, 0.1) is 12.8 Å². The molecule has 0 spiro atoms. The Balaban J connectivity index is 2.08. The second kappa shape index (κ2) is 3.84. The number of carboxylic acid groups (broad SMARTS) is 1. The Morgan fingerprint density at radius 1 is 1.67 bits per heavy atom. The first-order valence-corrected chi connectivity index (χ1v) is 4.96. The summed E-state index contributed by atoms with van der Waals surface area (Å²) in [6.45, 7) is 1.78. The van der Waals surface area contributed by atoms with E-state index in [4.69, 9.17) is 5.11 Å². The van der Waals surface area contributed by atoms with E-state index in [0.29, 0.717) is 11.6 Å². The maximum atomic E-state index is 11.0. The summed E-state index contributed by atoms with van der Waals surface area (Å²) in [4.78, 5) is 19.0. The van der Waals surface area contributed by atoms with Gasteiger partial charge in [-0.15, -0.1) is 0 Å². The van der Waals surface area contributed by atoms with Crippen molar-refractivity contribution in [1.29, 1.82) is 0 Å². The topological polar surface area (TPSA) is 75.1 Å². The Bertz CT molecular complexity index is 377. The molecule has 0 aromatic carbocycles. The molecule has 1 aliphatic rings. The zero-order chi connectivity index (χ0) is 10.8. The van der Waals surface area contributed by atoms with Crippen molar-refractivity contribution in [2.75, 3.05) is 5.32 Å². The number of rotatable bonds is 4. The standard InChI is InChI=1S/C10H13N3O2/c1-6-11-5-4-8(12-6)13-9(10(14)15)7-2-3-7/h4-5,7,9H,2-3H2,1H3,(H,14,15)(H,11,12,13). The van der Waals surface area contributed by atoms with E-state index >= 15 is 0 Å². The van der Waals surface area contributed by atoms with Crippen LogP contribution in [0.4, 0.5) is 5.82 Å². The maximum absolute atomic E-state index is 11.0. The van der Waals surface area contributed by atoms with Crippen molar-refractivity contribution in [3.8, 4) is 0 Å². The minimum Gasteiger partial charge on any atom is -0.480 e. The third-order valence-corrected chi connectivity index (χ3v) is 2.44. The van der Waals surface area contributed by atoms with E-state index in [0.717, 1.165) is 12.8 Å². The highest BCUT2D eigenvalue weighted by molar-refractivity contribution is 5.77. The Hall–Kier alpha value is -1.65. The first-order valence-electron chi connectivity index (χ1n) is 4.96. The Labute approximate surface area is 87.6 Å².